The first-order valence-corrected chi connectivity index (χ1v) is 8.06. The summed E-state index contributed by atoms with van der Waals surface area (Å²) in [7, 11) is 0. The van der Waals surface area contributed by atoms with Crippen molar-refractivity contribution in [1.82, 2.24) is 4.90 Å². The molecule has 0 spiro atoms. The van der Waals surface area contributed by atoms with Crippen LogP contribution in [0.4, 0.5) is 0 Å². The van der Waals surface area contributed by atoms with Crippen LogP contribution in [0, 0.1) is 5.41 Å². The van der Waals surface area contributed by atoms with Gasteiger partial charge in [-0.2, -0.15) is 0 Å². The van der Waals surface area contributed by atoms with Crippen LogP contribution in [0.15, 0.2) is 36.4 Å². The molecule has 2 rings (SSSR count). The molecule has 138 valence electrons. The zero-order chi connectivity index (χ0) is 19.7. The summed E-state index contributed by atoms with van der Waals surface area (Å²) in [4.78, 5) is 48.4. The Kier molecular flexibility index (Phi) is 5.02. The zero-order valence-electron chi connectivity index (χ0n) is 15.1. The van der Waals surface area contributed by atoms with Crippen molar-refractivity contribution in [2.45, 2.75) is 39.7 Å². The van der Waals surface area contributed by atoms with E-state index in [4.69, 9.17) is 9.84 Å². The highest BCUT2D eigenvalue weighted by Crippen LogP contribution is 2.35. The average molecular weight is 359 g/mol. The molecule has 0 saturated carbocycles. The number of rotatable bonds is 6. The van der Waals surface area contributed by atoms with Crippen molar-refractivity contribution in [2.24, 2.45) is 5.41 Å². The molecule has 0 aromatic heterocycles. The topological polar surface area (TPSA) is 101 Å². The summed E-state index contributed by atoms with van der Waals surface area (Å²) in [5, 5.41) is 8.89. The van der Waals surface area contributed by atoms with Crippen molar-refractivity contribution in [3.05, 3.63) is 42.0 Å². The molecule has 1 N–H and O–H groups in total. The average Bonchev–Trinajstić information content (AvgIpc) is 2.86. The molecule has 0 unspecified atom stereocenters. The summed E-state index contributed by atoms with van der Waals surface area (Å²) in [6, 6.07) is 5.49. The molecule has 2 amide bonds. The van der Waals surface area contributed by atoms with Gasteiger partial charge in [0, 0.05) is 17.7 Å². The molecule has 26 heavy (non-hydrogen) atoms. The molecule has 7 nitrogen and oxygen atoms in total. The summed E-state index contributed by atoms with van der Waals surface area (Å²) in [5.74, 6) is -2.21. The lowest BCUT2D eigenvalue weighted by Gasteiger charge is -2.38. The zero-order valence-corrected chi connectivity index (χ0v) is 15.1. The first-order chi connectivity index (χ1) is 11.9. The number of carboxylic acid groups (broad SMARTS) is 1. The standard InChI is InChI=1S/C19H21NO6/c1-18(2,11-19(3,4)20-14(21)9-10-15(20)22)17(25)26-13-7-5-12(6-8-13)16(23)24/h5-10H,11H2,1-4H3,(H,23,24). The van der Waals surface area contributed by atoms with Gasteiger partial charge in [-0.3, -0.25) is 19.3 Å². The SMILES string of the molecule is CC(C)(CC(C)(C)N1C(=O)C=CC1=O)C(=O)Oc1ccc(C(=O)O)cc1. The van der Waals surface area contributed by atoms with Crippen LogP contribution < -0.4 is 4.74 Å². The first kappa shape index (κ1) is 19.4. The molecule has 0 bridgehead atoms. The molecule has 0 radical (unpaired) electrons. The Labute approximate surface area is 151 Å². The number of hydrogen-bond acceptors (Lipinski definition) is 5. The van der Waals surface area contributed by atoms with Gasteiger partial charge in [-0.1, -0.05) is 0 Å². The second-order valence-electron chi connectivity index (χ2n) is 7.44. The number of carbonyl (C=O) groups excluding carboxylic acids is 3. The first-order valence-electron chi connectivity index (χ1n) is 8.06. The van der Waals surface area contributed by atoms with E-state index in [0.29, 0.717) is 0 Å². The van der Waals surface area contributed by atoms with Crippen LogP contribution in [0.1, 0.15) is 44.5 Å². The molecular weight excluding hydrogens is 338 g/mol. The Hall–Kier alpha value is -2.96. The lowest BCUT2D eigenvalue weighted by atomic mass is 9.79. The molecule has 1 aliphatic heterocycles. The number of esters is 1. The van der Waals surface area contributed by atoms with Gasteiger partial charge in [0.2, 0.25) is 0 Å². The van der Waals surface area contributed by atoms with Gasteiger partial charge in [0.15, 0.2) is 0 Å². The maximum atomic E-state index is 12.6. The Morgan fingerprint density at radius 2 is 1.50 bits per heavy atom. The van der Waals surface area contributed by atoms with Crippen molar-refractivity contribution in [3.8, 4) is 5.75 Å². The van der Waals surface area contributed by atoms with Crippen molar-refractivity contribution in [2.75, 3.05) is 0 Å². The molecule has 1 aromatic rings. The lowest BCUT2D eigenvalue weighted by molar-refractivity contribution is -0.151. The molecular formula is C19H21NO6. The quantitative estimate of drug-likeness (QED) is 0.475. The fourth-order valence-electron chi connectivity index (χ4n) is 3.14. The van der Waals surface area contributed by atoms with Gasteiger partial charge in [0.25, 0.3) is 11.8 Å². The van der Waals surface area contributed by atoms with Crippen LogP contribution >= 0.6 is 0 Å². The third kappa shape index (κ3) is 3.99. The number of aromatic carboxylic acids is 1. The molecule has 0 aliphatic carbocycles. The Bertz CT molecular complexity index is 771. The molecule has 7 heteroatoms. The number of hydrogen-bond donors (Lipinski definition) is 1. The third-order valence-corrected chi connectivity index (χ3v) is 4.15. The van der Waals surface area contributed by atoms with Gasteiger partial charge in [-0.25, -0.2) is 4.79 Å². The van der Waals surface area contributed by atoms with E-state index >= 15 is 0 Å². The van der Waals surface area contributed by atoms with Crippen molar-refractivity contribution >= 4 is 23.8 Å². The lowest BCUT2D eigenvalue weighted by Crippen LogP contribution is -2.51. The van der Waals surface area contributed by atoms with E-state index in [1.165, 1.54) is 36.4 Å². The van der Waals surface area contributed by atoms with Crippen LogP contribution in [0.5, 0.6) is 5.75 Å². The maximum Gasteiger partial charge on any atom is 0.335 e. The minimum atomic E-state index is -1.07. The Morgan fingerprint density at radius 1 is 1.00 bits per heavy atom. The van der Waals surface area contributed by atoms with Crippen LogP contribution in [0.2, 0.25) is 0 Å². The molecule has 0 fully saturated rings. The van der Waals surface area contributed by atoms with E-state index in [1.807, 2.05) is 0 Å². The Morgan fingerprint density at radius 3 is 1.96 bits per heavy atom. The molecule has 1 aromatic carbocycles. The summed E-state index contributed by atoms with van der Waals surface area (Å²) in [5.41, 5.74) is -1.78. The van der Waals surface area contributed by atoms with Crippen molar-refractivity contribution in [3.63, 3.8) is 0 Å². The van der Waals surface area contributed by atoms with Crippen LogP contribution in [-0.4, -0.2) is 39.3 Å². The minimum Gasteiger partial charge on any atom is -0.478 e. The van der Waals surface area contributed by atoms with E-state index in [9.17, 15) is 19.2 Å². The van der Waals surface area contributed by atoms with Crippen LogP contribution in [0.25, 0.3) is 0 Å². The van der Waals surface area contributed by atoms with Gasteiger partial charge in [0.1, 0.15) is 5.75 Å². The van der Waals surface area contributed by atoms with E-state index < -0.39 is 34.7 Å². The second-order valence-corrected chi connectivity index (χ2v) is 7.44. The number of benzene rings is 1. The molecule has 1 heterocycles. The summed E-state index contributed by atoms with van der Waals surface area (Å²) in [6.45, 7) is 6.77. The van der Waals surface area contributed by atoms with Crippen molar-refractivity contribution < 1.29 is 29.0 Å². The second kappa shape index (κ2) is 6.74. The fraction of sp³-hybridized carbons (Fsp3) is 0.368. The molecule has 0 atom stereocenters. The van der Waals surface area contributed by atoms with E-state index in [0.717, 1.165) is 4.90 Å². The highest BCUT2D eigenvalue weighted by molar-refractivity contribution is 6.13. The monoisotopic (exact) mass is 359 g/mol. The normalized spacial score (nSPS) is 14.7. The number of amides is 2. The van der Waals surface area contributed by atoms with Gasteiger partial charge in [0.05, 0.1) is 11.0 Å². The smallest absolute Gasteiger partial charge is 0.335 e. The number of carbonyl (C=O) groups is 4. The number of nitrogens with zero attached hydrogens (tertiary/aromatic N) is 1. The highest BCUT2D eigenvalue weighted by Gasteiger charge is 2.44. The van der Waals surface area contributed by atoms with E-state index in [2.05, 4.69) is 0 Å². The largest absolute Gasteiger partial charge is 0.478 e. The van der Waals surface area contributed by atoms with Crippen LogP contribution in [0.3, 0.4) is 0 Å². The number of imide groups is 1. The van der Waals surface area contributed by atoms with E-state index in [1.54, 1.807) is 27.7 Å². The Balaban J connectivity index is 2.10. The van der Waals surface area contributed by atoms with Gasteiger partial charge < -0.3 is 9.84 Å². The maximum absolute atomic E-state index is 12.6. The molecule has 0 saturated heterocycles. The third-order valence-electron chi connectivity index (χ3n) is 4.15. The highest BCUT2D eigenvalue weighted by atomic mass is 16.5. The predicted octanol–water partition coefficient (Wildman–Crippen LogP) is 2.41. The summed E-state index contributed by atoms with van der Waals surface area (Å²) in [6.07, 6.45) is 2.62. The summed E-state index contributed by atoms with van der Waals surface area (Å²) < 4.78 is 5.34. The minimum absolute atomic E-state index is 0.0868. The van der Waals surface area contributed by atoms with Gasteiger partial charge >= 0.3 is 11.9 Å². The van der Waals surface area contributed by atoms with E-state index in [-0.39, 0.29) is 17.7 Å². The van der Waals surface area contributed by atoms with Crippen LogP contribution in [-0.2, 0) is 14.4 Å². The van der Waals surface area contributed by atoms with Crippen molar-refractivity contribution in [1.29, 1.82) is 0 Å². The number of ether oxygens (including phenoxy) is 1. The summed E-state index contributed by atoms with van der Waals surface area (Å²) >= 11 is 0. The molecule has 1 aliphatic rings. The fourth-order valence-corrected chi connectivity index (χ4v) is 3.14. The number of carboxylic acids is 1. The predicted molar refractivity (Wildman–Crippen MR) is 92.5 cm³/mol. The van der Waals surface area contributed by atoms with Gasteiger partial charge in [-0.15, -0.1) is 0 Å². The van der Waals surface area contributed by atoms with Gasteiger partial charge in [-0.05, 0) is 58.4 Å².